The predicted octanol–water partition coefficient (Wildman–Crippen LogP) is 1.37. The lowest BCUT2D eigenvalue weighted by Crippen LogP contribution is -2.42. The highest BCUT2D eigenvalue weighted by atomic mass is 32.1. The lowest BCUT2D eigenvalue weighted by molar-refractivity contribution is -0.124. The molecule has 1 heterocycles. The summed E-state index contributed by atoms with van der Waals surface area (Å²) in [5.41, 5.74) is 5.91. The molecule has 0 saturated heterocycles. The number of carbonyl (C=O) groups is 1. The van der Waals surface area contributed by atoms with E-state index >= 15 is 0 Å². The van der Waals surface area contributed by atoms with Crippen molar-refractivity contribution in [3.8, 4) is 0 Å². The van der Waals surface area contributed by atoms with Crippen LogP contribution in [0.5, 0.6) is 0 Å². The molecule has 5 heteroatoms. The zero-order valence-corrected chi connectivity index (χ0v) is 10.6. The van der Waals surface area contributed by atoms with E-state index in [0.717, 1.165) is 36.4 Å². The summed E-state index contributed by atoms with van der Waals surface area (Å²) in [6, 6.07) is 0. The van der Waals surface area contributed by atoms with Crippen LogP contribution in [0, 0.1) is 0 Å². The number of hydrogen-bond acceptors (Lipinski definition) is 4. The van der Waals surface area contributed by atoms with E-state index in [1.807, 2.05) is 5.38 Å². The number of carbonyl (C=O) groups excluding carboxylic acids is 1. The number of hydrogen-bond donors (Lipinski definition) is 2. The summed E-state index contributed by atoms with van der Waals surface area (Å²) >= 11 is 1.50. The summed E-state index contributed by atoms with van der Waals surface area (Å²) in [6.45, 7) is 0.0900. The molecular weight excluding hydrogens is 236 g/mol. The van der Waals surface area contributed by atoms with Crippen LogP contribution >= 0.6 is 11.3 Å². The molecule has 0 atom stereocenters. The molecule has 17 heavy (non-hydrogen) atoms. The average molecular weight is 254 g/mol. The Morgan fingerprint density at radius 3 is 2.76 bits per heavy atom. The Morgan fingerprint density at radius 1 is 1.47 bits per heavy atom. The zero-order valence-electron chi connectivity index (χ0n) is 9.82. The van der Waals surface area contributed by atoms with Crippen molar-refractivity contribution in [2.24, 2.45) is 5.73 Å². The molecule has 1 aliphatic rings. The van der Waals surface area contributed by atoms with Gasteiger partial charge in [0.15, 0.2) is 0 Å². The maximum absolute atomic E-state index is 11.8. The number of aromatic nitrogens is 1. The van der Waals surface area contributed by atoms with Gasteiger partial charge in [-0.05, 0) is 12.8 Å². The van der Waals surface area contributed by atoms with Crippen LogP contribution in [0.25, 0.3) is 0 Å². The van der Waals surface area contributed by atoms with Gasteiger partial charge in [-0.3, -0.25) is 4.79 Å². The van der Waals surface area contributed by atoms with E-state index in [-0.39, 0.29) is 12.5 Å². The number of thiazole rings is 1. The van der Waals surface area contributed by atoms with Crippen molar-refractivity contribution in [3.63, 3.8) is 0 Å². The summed E-state index contributed by atoms with van der Waals surface area (Å²) in [6.07, 6.45) is 5.42. The van der Waals surface area contributed by atoms with Crippen molar-refractivity contribution in [2.45, 2.75) is 43.9 Å². The van der Waals surface area contributed by atoms with Gasteiger partial charge in [0.2, 0.25) is 5.91 Å². The number of amides is 1. The average Bonchev–Trinajstić information content (AvgIpc) is 2.79. The minimum Gasteiger partial charge on any atom is -0.396 e. The number of rotatable bonds is 4. The van der Waals surface area contributed by atoms with Crippen LogP contribution in [0.2, 0.25) is 0 Å². The molecule has 3 N–H and O–H groups in total. The summed E-state index contributed by atoms with van der Waals surface area (Å²) in [4.78, 5) is 16.3. The largest absolute Gasteiger partial charge is 0.396 e. The van der Waals surface area contributed by atoms with Crippen LogP contribution in [0.4, 0.5) is 0 Å². The van der Waals surface area contributed by atoms with Gasteiger partial charge in [-0.2, -0.15) is 0 Å². The molecule has 1 amide bonds. The first-order valence-corrected chi connectivity index (χ1v) is 6.93. The monoisotopic (exact) mass is 254 g/mol. The van der Waals surface area contributed by atoms with Crippen LogP contribution in [-0.2, 0) is 16.6 Å². The lowest BCUT2D eigenvalue weighted by atomic mass is 9.74. The summed E-state index contributed by atoms with van der Waals surface area (Å²) in [7, 11) is 0. The molecule has 1 saturated carbocycles. The van der Waals surface area contributed by atoms with Gasteiger partial charge in [0, 0.05) is 18.4 Å². The maximum Gasteiger partial charge on any atom is 0.230 e. The van der Waals surface area contributed by atoms with Crippen LogP contribution < -0.4 is 5.73 Å². The molecule has 1 aromatic heterocycles. The maximum atomic E-state index is 11.8. The molecular formula is C12H18N2O2S. The molecule has 2 rings (SSSR count). The van der Waals surface area contributed by atoms with E-state index in [1.54, 1.807) is 0 Å². The molecule has 0 aromatic carbocycles. The number of primary amides is 1. The normalized spacial score (nSPS) is 19.1. The smallest absolute Gasteiger partial charge is 0.230 e. The Kier molecular flexibility index (Phi) is 3.79. The molecule has 94 valence electrons. The number of nitrogens with zero attached hydrogens (tertiary/aromatic N) is 1. The van der Waals surface area contributed by atoms with Gasteiger partial charge in [-0.1, -0.05) is 19.3 Å². The molecule has 0 unspecified atom stereocenters. The lowest BCUT2D eigenvalue weighted by Gasteiger charge is -2.32. The van der Waals surface area contributed by atoms with Crippen molar-refractivity contribution in [1.29, 1.82) is 0 Å². The van der Waals surface area contributed by atoms with Crippen molar-refractivity contribution in [3.05, 3.63) is 16.1 Å². The Morgan fingerprint density at radius 2 is 2.18 bits per heavy atom. The Labute approximate surface area is 105 Å². The molecule has 0 radical (unpaired) electrons. The molecule has 1 aromatic rings. The van der Waals surface area contributed by atoms with Gasteiger partial charge >= 0.3 is 0 Å². The first-order valence-electron chi connectivity index (χ1n) is 6.05. The van der Waals surface area contributed by atoms with Crippen molar-refractivity contribution in [1.82, 2.24) is 4.98 Å². The highest BCUT2D eigenvalue weighted by Crippen LogP contribution is 2.40. The van der Waals surface area contributed by atoms with E-state index in [0.29, 0.717) is 6.42 Å². The highest BCUT2D eigenvalue weighted by Gasteiger charge is 2.42. The van der Waals surface area contributed by atoms with E-state index in [1.165, 1.54) is 17.8 Å². The van der Waals surface area contributed by atoms with Gasteiger partial charge in [-0.15, -0.1) is 11.3 Å². The van der Waals surface area contributed by atoms with E-state index in [9.17, 15) is 4.79 Å². The fraction of sp³-hybridized carbons (Fsp3) is 0.667. The topological polar surface area (TPSA) is 76.2 Å². The number of aliphatic hydroxyl groups is 1. The second-order valence-electron chi connectivity index (χ2n) is 4.62. The van der Waals surface area contributed by atoms with Crippen LogP contribution in [0.3, 0.4) is 0 Å². The summed E-state index contributed by atoms with van der Waals surface area (Å²) in [5.74, 6) is -0.248. The quantitative estimate of drug-likeness (QED) is 0.852. The zero-order chi connectivity index (χ0) is 12.3. The number of nitrogens with two attached hydrogens (primary N) is 1. The third-order valence-electron chi connectivity index (χ3n) is 3.51. The minimum atomic E-state index is -0.545. The van der Waals surface area contributed by atoms with E-state index < -0.39 is 5.41 Å². The van der Waals surface area contributed by atoms with Crippen LogP contribution in [0.15, 0.2) is 5.38 Å². The van der Waals surface area contributed by atoms with Crippen LogP contribution in [0.1, 0.15) is 42.8 Å². The Balaban J connectivity index is 2.28. The minimum absolute atomic E-state index is 0.0900. The van der Waals surface area contributed by atoms with Gasteiger partial charge < -0.3 is 10.8 Å². The van der Waals surface area contributed by atoms with Gasteiger partial charge in [0.1, 0.15) is 10.4 Å². The first-order chi connectivity index (χ1) is 8.19. The van der Waals surface area contributed by atoms with E-state index in [2.05, 4.69) is 4.98 Å². The SMILES string of the molecule is NC(=O)C1(c2nc(CCO)cs2)CCCCC1. The van der Waals surface area contributed by atoms with Crippen molar-refractivity contribution in [2.75, 3.05) is 6.61 Å². The fourth-order valence-corrected chi connectivity index (χ4v) is 3.60. The first kappa shape index (κ1) is 12.5. The highest BCUT2D eigenvalue weighted by molar-refractivity contribution is 7.10. The Bertz CT molecular complexity index is 397. The molecule has 4 nitrogen and oxygen atoms in total. The van der Waals surface area contributed by atoms with Crippen molar-refractivity contribution >= 4 is 17.2 Å². The molecule has 1 fully saturated rings. The van der Waals surface area contributed by atoms with Gasteiger partial charge in [0.25, 0.3) is 0 Å². The third kappa shape index (κ3) is 2.35. The van der Waals surface area contributed by atoms with Gasteiger partial charge in [0.05, 0.1) is 5.69 Å². The van der Waals surface area contributed by atoms with Crippen LogP contribution in [-0.4, -0.2) is 22.6 Å². The van der Waals surface area contributed by atoms with E-state index in [4.69, 9.17) is 10.8 Å². The molecule has 0 bridgehead atoms. The standard InChI is InChI=1S/C12H18N2O2S/c13-10(16)12(5-2-1-3-6-12)11-14-9(4-7-15)8-17-11/h8,15H,1-7H2,(H2,13,16). The molecule has 1 aliphatic carbocycles. The molecule has 0 spiro atoms. The van der Waals surface area contributed by atoms with Crippen molar-refractivity contribution < 1.29 is 9.90 Å². The fourth-order valence-electron chi connectivity index (χ4n) is 2.48. The molecule has 0 aliphatic heterocycles. The summed E-state index contributed by atoms with van der Waals surface area (Å²) in [5, 5.41) is 11.6. The second-order valence-corrected chi connectivity index (χ2v) is 5.48. The number of aliphatic hydroxyl groups excluding tert-OH is 1. The predicted molar refractivity (Wildman–Crippen MR) is 66.9 cm³/mol. The van der Waals surface area contributed by atoms with Gasteiger partial charge in [-0.25, -0.2) is 4.98 Å². The Hall–Kier alpha value is -0.940. The third-order valence-corrected chi connectivity index (χ3v) is 4.60. The summed E-state index contributed by atoms with van der Waals surface area (Å²) < 4.78 is 0. The second kappa shape index (κ2) is 5.14.